The maximum Gasteiger partial charge on any atom is 0.328 e. The molecule has 6 nitrogen and oxygen atoms in total. The van der Waals surface area contributed by atoms with Crippen molar-refractivity contribution in [1.82, 2.24) is 4.90 Å². The predicted octanol–water partition coefficient (Wildman–Crippen LogP) is 7.15. The summed E-state index contributed by atoms with van der Waals surface area (Å²) in [4.78, 5) is 40.0. The van der Waals surface area contributed by atoms with E-state index in [4.69, 9.17) is 16.3 Å². The second-order valence-corrected chi connectivity index (χ2v) is 10.7. The molecule has 0 spiro atoms. The Morgan fingerprint density at radius 2 is 1.74 bits per heavy atom. The fraction of sp³-hybridized carbons (Fsp3) is 0.344. The Labute approximate surface area is 235 Å². The predicted molar refractivity (Wildman–Crippen MR) is 155 cm³/mol. The number of nitrogens with zero attached hydrogens (tertiary/aromatic N) is 1. The van der Waals surface area contributed by atoms with Crippen LogP contribution in [0.5, 0.6) is 0 Å². The van der Waals surface area contributed by atoms with Crippen LogP contribution < -0.4 is 5.32 Å². The number of unbranched alkanes of at least 4 members (excludes halogenated alkanes) is 2. The molecule has 0 saturated carbocycles. The standard InChI is InChI=1S/C32H35ClN2O4/c1-5-6-7-8-21-9-11-22(12-10-21)30(36)34-25-15-16-26(28(33)18-25)23-13-14-24-19-35(31(37)27(24)17-23)29(20(2)3)32(38)39-4/h9-18,20,29H,5-8,19H2,1-4H3,(H,34,36)/t29-/m0/s1. The van der Waals surface area contributed by atoms with Crippen molar-refractivity contribution < 1.29 is 19.1 Å². The monoisotopic (exact) mass is 546 g/mol. The number of carbonyl (C=O) groups is 3. The van der Waals surface area contributed by atoms with Gasteiger partial charge in [0, 0.05) is 28.9 Å². The number of benzene rings is 3. The first-order chi connectivity index (χ1) is 18.7. The molecule has 3 aromatic carbocycles. The van der Waals surface area contributed by atoms with Gasteiger partial charge in [-0.25, -0.2) is 4.79 Å². The van der Waals surface area contributed by atoms with Gasteiger partial charge in [-0.1, -0.05) is 75.5 Å². The highest BCUT2D eigenvalue weighted by Crippen LogP contribution is 2.35. The minimum absolute atomic E-state index is 0.0869. The Morgan fingerprint density at radius 3 is 2.38 bits per heavy atom. The summed E-state index contributed by atoms with van der Waals surface area (Å²) in [6.45, 7) is 6.33. The number of hydrogen-bond acceptors (Lipinski definition) is 4. The largest absolute Gasteiger partial charge is 0.467 e. The highest BCUT2D eigenvalue weighted by atomic mass is 35.5. The van der Waals surface area contributed by atoms with E-state index in [1.165, 1.54) is 25.5 Å². The first kappa shape index (κ1) is 28.4. The number of hydrogen-bond donors (Lipinski definition) is 1. The third kappa shape index (κ3) is 6.34. The molecular formula is C32H35ClN2O4. The second kappa shape index (κ2) is 12.5. The van der Waals surface area contributed by atoms with E-state index in [-0.39, 0.29) is 17.7 Å². The zero-order valence-corrected chi connectivity index (χ0v) is 23.7. The molecule has 1 atom stereocenters. The van der Waals surface area contributed by atoms with E-state index in [9.17, 15) is 14.4 Å². The van der Waals surface area contributed by atoms with Crippen molar-refractivity contribution in [2.75, 3.05) is 12.4 Å². The SMILES string of the molecule is CCCCCc1ccc(C(=O)Nc2ccc(-c3ccc4c(c3)C(=O)N([C@H](C(=O)OC)C(C)C)C4)c(Cl)c2)cc1. The molecule has 39 heavy (non-hydrogen) atoms. The molecule has 2 amide bonds. The van der Waals surface area contributed by atoms with Crippen molar-refractivity contribution in [3.63, 3.8) is 0 Å². The minimum Gasteiger partial charge on any atom is -0.467 e. The molecule has 0 fully saturated rings. The van der Waals surface area contributed by atoms with Crippen molar-refractivity contribution in [2.45, 2.75) is 59.0 Å². The average molecular weight is 547 g/mol. The molecule has 0 aromatic heterocycles. The van der Waals surface area contributed by atoms with Gasteiger partial charge < -0.3 is 15.0 Å². The van der Waals surface area contributed by atoms with Crippen LogP contribution in [0.2, 0.25) is 5.02 Å². The van der Waals surface area contributed by atoms with Crippen LogP contribution in [0.25, 0.3) is 11.1 Å². The normalized spacial score (nSPS) is 13.4. The van der Waals surface area contributed by atoms with E-state index in [0.717, 1.165) is 29.5 Å². The van der Waals surface area contributed by atoms with Crippen LogP contribution >= 0.6 is 11.6 Å². The molecule has 1 aliphatic rings. The van der Waals surface area contributed by atoms with E-state index in [0.29, 0.717) is 28.4 Å². The van der Waals surface area contributed by atoms with Gasteiger partial charge in [0.05, 0.1) is 12.1 Å². The Morgan fingerprint density at radius 1 is 1.00 bits per heavy atom. The summed E-state index contributed by atoms with van der Waals surface area (Å²) in [6.07, 6.45) is 4.55. The Balaban J connectivity index is 1.48. The Bertz CT molecular complexity index is 1370. The lowest BCUT2D eigenvalue weighted by atomic mass is 10.00. The molecule has 0 saturated heterocycles. The van der Waals surface area contributed by atoms with E-state index in [1.54, 1.807) is 17.0 Å². The van der Waals surface area contributed by atoms with E-state index < -0.39 is 12.0 Å². The van der Waals surface area contributed by atoms with Crippen LogP contribution in [0.3, 0.4) is 0 Å². The van der Waals surface area contributed by atoms with Gasteiger partial charge in [0.1, 0.15) is 6.04 Å². The van der Waals surface area contributed by atoms with Crippen molar-refractivity contribution in [3.8, 4) is 11.1 Å². The van der Waals surface area contributed by atoms with Crippen molar-refractivity contribution in [1.29, 1.82) is 0 Å². The summed E-state index contributed by atoms with van der Waals surface area (Å²) in [5.74, 6) is -0.911. The fourth-order valence-corrected chi connectivity index (χ4v) is 5.32. The van der Waals surface area contributed by atoms with Crippen molar-refractivity contribution in [3.05, 3.63) is 87.9 Å². The molecular weight excluding hydrogens is 512 g/mol. The van der Waals surface area contributed by atoms with Gasteiger partial charge in [0.15, 0.2) is 0 Å². The number of carbonyl (C=O) groups excluding carboxylic acids is 3. The molecule has 1 aliphatic heterocycles. The topological polar surface area (TPSA) is 75.7 Å². The molecule has 0 radical (unpaired) electrons. The number of rotatable bonds is 10. The maximum atomic E-state index is 13.3. The van der Waals surface area contributed by atoms with Gasteiger partial charge in [-0.05, 0) is 65.8 Å². The lowest BCUT2D eigenvalue weighted by molar-refractivity contribution is -0.147. The summed E-state index contributed by atoms with van der Waals surface area (Å²) in [5, 5.41) is 3.37. The summed E-state index contributed by atoms with van der Waals surface area (Å²) >= 11 is 6.64. The minimum atomic E-state index is -0.651. The van der Waals surface area contributed by atoms with Gasteiger partial charge >= 0.3 is 5.97 Å². The number of aryl methyl sites for hydroxylation is 1. The highest BCUT2D eigenvalue weighted by molar-refractivity contribution is 6.33. The fourth-order valence-electron chi connectivity index (χ4n) is 5.03. The lowest BCUT2D eigenvalue weighted by Crippen LogP contribution is -2.45. The maximum absolute atomic E-state index is 13.3. The summed E-state index contributed by atoms with van der Waals surface area (Å²) in [6, 6.07) is 18.0. The van der Waals surface area contributed by atoms with E-state index in [1.807, 2.05) is 62.4 Å². The third-order valence-electron chi connectivity index (χ3n) is 7.17. The second-order valence-electron chi connectivity index (χ2n) is 10.3. The van der Waals surface area contributed by atoms with Crippen LogP contribution in [0, 0.1) is 5.92 Å². The molecule has 3 aromatic rings. The molecule has 1 N–H and O–H groups in total. The van der Waals surface area contributed by atoms with E-state index in [2.05, 4.69) is 12.2 Å². The number of fused-ring (bicyclic) bond motifs is 1. The summed E-state index contributed by atoms with van der Waals surface area (Å²) in [5.41, 5.74) is 5.33. The molecule has 4 rings (SSSR count). The molecule has 204 valence electrons. The summed E-state index contributed by atoms with van der Waals surface area (Å²) in [7, 11) is 1.34. The molecule has 0 bridgehead atoms. The van der Waals surface area contributed by atoms with Crippen LogP contribution in [-0.2, 0) is 22.5 Å². The Kier molecular flexibility index (Phi) is 9.08. The van der Waals surface area contributed by atoms with Crippen LogP contribution in [0.1, 0.15) is 71.9 Å². The number of ether oxygens (including phenoxy) is 1. The lowest BCUT2D eigenvalue weighted by Gasteiger charge is -2.28. The van der Waals surface area contributed by atoms with Gasteiger partial charge in [-0.15, -0.1) is 0 Å². The third-order valence-corrected chi connectivity index (χ3v) is 7.49. The number of amides is 2. The zero-order chi connectivity index (χ0) is 28.1. The van der Waals surface area contributed by atoms with Crippen molar-refractivity contribution in [2.24, 2.45) is 5.92 Å². The number of nitrogens with one attached hydrogen (secondary N) is 1. The van der Waals surface area contributed by atoms with Crippen LogP contribution in [0.15, 0.2) is 60.7 Å². The highest BCUT2D eigenvalue weighted by Gasteiger charge is 2.38. The quantitative estimate of drug-likeness (QED) is 0.216. The molecule has 7 heteroatoms. The van der Waals surface area contributed by atoms with Gasteiger partial charge in [0.25, 0.3) is 11.8 Å². The average Bonchev–Trinajstić information content (AvgIpc) is 3.24. The van der Waals surface area contributed by atoms with Crippen LogP contribution in [-0.4, -0.2) is 35.8 Å². The van der Waals surface area contributed by atoms with E-state index >= 15 is 0 Å². The molecule has 0 unspecified atom stereocenters. The van der Waals surface area contributed by atoms with Gasteiger partial charge in [0.2, 0.25) is 0 Å². The first-order valence-electron chi connectivity index (χ1n) is 13.5. The van der Waals surface area contributed by atoms with Crippen molar-refractivity contribution >= 4 is 35.1 Å². The van der Waals surface area contributed by atoms with Gasteiger partial charge in [-0.2, -0.15) is 0 Å². The summed E-state index contributed by atoms with van der Waals surface area (Å²) < 4.78 is 4.95. The number of anilines is 1. The van der Waals surface area contributed by atoms with Crippen LogP contribution in [0.4, 0.5) is 5.69 Å². The molecule has 1 heterocycles. The molecule has 0 aliphatic carbocycles. The number of esters is 1. The van der Waals surface area contributed by atoms with Gasteiger partial charge in [-0.3, -0.25) is 9.59 Å². The first-order valence-corrected chi connectivity index (χ1v) is 13.8. The number of methoxy groups -OCH3 is 1. The zero-order valence-electron chi connectivity index (χ0n) is 22.9. The number of halogens is 1. The Hall–Kier alpha value is -3.64. The smallest absolute Gasteiger partial charge is 0.328 e.